The lowest BCUT2D eigenvalue weighted by Crippen LogP contribution is -1.91. The van der Waals surface area contributed by atoms with Crippen molar-refractivity contribution >= 4 is 54.5 Å². The summed E-state index contributed by atoms with van der Waals surface area (Å²) in [6.45, 7) is 1.52. The Bertz CT molecular complexity index is 580. The van der Waals surface area contributed by atoms with Gasteiger partial charge >= 0.3 is 0 Å². The van der Waals surface area contributed by atoms with E-state index in [9.17, 15) is 9.59 Å². The van der Waals surface area contributed by atoms with E-state index in [-0.39, 0.29) is 5.78 Å². The van der Waals surface area contributed by atoms with E-state index in [1.807, 2.05) is 0 Å². The van der Waals surface area contributed by atoms with Gasteiger partial charge in [0.1, 0.15) is 0 Å². The molecule has 2 rings (SSSR count). The maximum absolute atomic E-state index is 10.7. The van der Waals surface area contributed by atoms with E-state index >= 15 is 0 Å². The Balaban J connectivity index is 0.000000200. The van der Waals surface area contributed by atoms with Gasteiger partial charge in [-0.25, -0.2) is 0 Å². The third-order valence-electron chi connectivity index (χ3n) is 2.04. The minimum atomic E-state index is -0.492. The average molecular weight is 420 g/mol. The number of ketones is 1. The fraction of sp³-hybridized carbons (Fsp3) is 0.0769. The number of carbonyl (C=O) groups excluding carboxylic acids is 2. The van der Waals surface area contributed by atoms with Gasteiger partial charge in [0, 0.05) is 39.3 Å². The van der Waals surface area contributed by atoms with Gasteiger partial charge in [0.25, 0.3) is 5.24 Å². The van der Waals surface area contributed by atoms with E-state index in [1.54, 1.807) is 30.7 Å². The fourth-order valence-corrected chi connectivity index (χ4v) is 1.96. The van der Waals surface area contributed by atoms with Crippen molar-refractivity contribution < 1.29 is 9.59 Å². The van der Waals surface area contributed by atoms with Crippen LogP contribution in [0.2, 0.25) is 0 Å². The zero-order chi connectivity index (χ0) is 15.1. The molecule has 0 atom stereocenters. The molecule has 0 fully saturated rings. The van der Waals surface area contributed by atoms with Gasteiger partial charge in [-0.2, -0.15) is 0 Å². The largest absolute Gasteiger partial charge is 0.294 e. The highest BCUT2D eigenvalue weighted by atomic mass is 79.9. The van der Waals surface area contributed by atoms with E-state index < -0.39 is 5.24 Å². The molecule has 0 spiro atoms. The van der Waals surface area contributed by atoms with Crippen molar-refractivity contribution in [3.63, 3.8) is 0 Å². The average Bonchev–Trinajstić information content (AvgIpc) is 2.39. The van der Waals surface area contributed by atoms with Gasteiger partial charge in [0.05, 0.1) is 5.56 Å². The number of carbonyl (C=O) groups is 2. The normalized spacial score (nSPS) is 9.40. The van der Waals surface area contributed by atoms with Crippen LogP contribution in [-0.2, 0) is 0 Å². The molecule has 0 aliphatic heterocycles. The standard InChI is InChI=1S/C7H6BrNO.C6H3BrClNO/c1-5(10)6-2-7(8)4-9-3-6;7-5-1-4(6(8)10)2-9-3-5/h2-4H,1H3;1-3H. The van der Waals surface area contributed by atoms with Crippen molar-refractivity contribution in [1.82, 2.24) is 9.97 Å². The van der Waals surface area contributed by atoms with Crippen LogP contribution >= 0.6 is 43.5 Å². The van der Waals surface area contributed by atoms with Crippen LogP contribution in [0.5, 0.6) is 0 Å². The molecule has 0 amide bonds. The van der Waals surface area contributed by atoms with Crippen LogP contribution in [0, 0.1) is 0 Å². The van der Waals surface area contributed by atoms with E-state index in [0.29, 0.717) is 11.1 Å². The summed E-state index contributed by atoms with van der Waals surface area (Å²) in [5.74, 6) is 0.0359. The molecule has 2 aromatic rings. The summed E-state index contributed by atoms with van der Waals surface area (Å²) in [6, 6.07) is 3.36. The van der Waals surface area contributed by atoms with Gasteiger partial charge in [-0.05, 0) is 62.5 Å². The highest BCUT2D eigenvalue weighted by molar-refractivity contribution is 9.10. The summed E-state index contributed by atoms with van der Waals surface area (Å²) < 4.78 is 1.58. The number of halogens is 3. The smallest absolute Gasteiger partial charge is 0.253 e. The quantitative estimate of drug-likeness (QED) is 0.538. The molecule has 0 saturated heterocycles. The summed E-state index contributed by atoms with van der Waals surface area (Å²) in [7, 11) is 0. The third-order valence-corrected chi connectivity index (χ3v) is 3.13. The first-order chi connectivity index (χ1) is 9.40. The van der Waals surface area contributed by atoms with Crippen molar-refractivity contribution in [3.8, 4) is 0 Å². The molecule has 7 heteroatoms. The third kappa shape index (κ3) is 5.90. The second kappa shape index (κ2) is 8.24. The number of aromatic nitrogens is 2. The lowest BCUT2D eigenvalue weighted by Gasteiger charge is -1.92. The highest BCUT2D eigenvalue weighted by Gasteiger charge is 2.00. The number of hydrogen-bond acceptors (Lipinski definition) is 4. The monoisotopic (exact) mass is 418 g/mol. The highest BCUT2D eigenvalue weighted by Crippen LogP contribution is 2.11. The number of rotatable bonds is 2. The molecule has 4 nitrogen and oxygen atoms in total. The Morgan fingerprint density at radius 3 is 1.70 bits per heavy atom. The Morgan fingerprint density at radius 1 is 0.950 bits per heavy atom. The van der Waals surface area contributed by atoms with Gasteiger partial charge < -0.3 is 0 Å². The van der Waals surface area contributed by atoms with E-state index in [2.05, 4.69) is 41.8 Å². The van der Waals surface area contributed by atoms with Crippen LogP contribution < -0.4 is 0 Å². The summed E-state index contributed by atoms with van der Waals surface area (Å²) in [5, 5.41) is -0.492. The van der Waals surface area contributed by atoms with Crippen molar-refractivity contribution in [2.24, 2.45) is 0 Å². The van der Waals surface area contributed by atoms with Gasteiger partial charge in [-0.15, -0.1) is 0 Å². The Labute approximate surface area is 137 Å². The molecule has 20 heavy (non-hydrogen) atoms. The van der Waals surface area contributed by atoms with Gasteiger partial charge in [0.15, 0.2) is 5.78 Å². The van der Waals surface area contributed by atoms with Crippen LogP contribution in [0.3, 0.4) is 0 Å². The summed E-state index contributed by atoms with van der Waals surface area (Å²) in [6.07, 6.45) is 6.20. The molecular weight excluding hydrogens is 411 g/mol. The van der Waals surface area contributed by atoms with Gasteiger partial charge in [-0.3, -0.25) is 19.6 Å². The number of hydrogen-bond donors (Lipinski definition) is 0. The second-order valence-electron chi connectivity index (χ2n) is 3.61. The van der Waals surface area contributed by atoms with Crippen molar-refractivity contribution in [1.29, 1.82) is 0 Å². The van der Waals surface area contributed by atoms with E-state index in [4.69, 9.17) is 11.6 Å². The Kier molecular flexibility index (Phi) is 6.98. The van der Waals surface area contributed by atoms with Gasteiger partial charge in [0.2, 0.25) is 0 Å². The van der Waals surface area contributed by atoms with Gasteiger partial charge in [-0.1, -0.05) is 0 Å². The molecule has 0 saturated carbocycles. The molecule has 0 N–H and O–H groups in total. The minimum absolute atomic E-state index is 0.0359. The molecule has 0 aliphatic carbocycles. The fourth-order valence-electron chi connectivity index (χ4n) is 1.12. The summed E-state index contributed by atoms with van der Waals surface area (Å²) >= 11 is 11.5. The summed E-state index contributed by atoms with van der Waals surface area (Å²) in [5.41, 5.74) is 1.03. The van der Waals surface area contributed by atoms with Crippen LogP contribution in [0.15, 0.2) is 45.9 Å². The first-order valence-electron chi connectivity index (χ1n) is 5.32. The second-order valence-corrected chi connectivity index (χ2v) is 5.79. The van der Waals surface area contributed by atoms with Crippen molar-refractivity contribution in [2.75, 3.05) is 0 Å². The predicted octanol–water partition coefficient (Wildman–Crippen LogP) is 4.27. The van der Waals surface area contributed by atoms with Crippen LogP contribution in [-0.4, -0.2) is 21.0 Å². The number of nitrogens with zero attached hydrogens (tertiary/aromatic N) is 2. The molecular formula is C13H9Br2ClN2O2. The Hall–Kier alpha value is -1.11. The molecule has 0 bridgehead atoms. The van der Waals surface area contributed by atoms with Crippen LogP contribution in [0.1, 0.15) is 27.6 Å². The van der Waals surface area contributed by atoms with Crippen LogP contribution in [0.25, 0.3) is 0 Å². The van der Waals surface area contributed by atoms with Crippen LogP contribution in [0.4, 0.5) is 0 Å². The minimum Gasteiger partial charge on any atom is -0.294 e. The molecule has 0 radical (unpaired) electrons. The maximum Gasteiger partial charge on any atom is 0.253 e. The molecule has 0 aliphatic rings. The maximum atomic E-state index is 10.7. The molecule has 104 valence electrons. The lowest BCUT2D eigenvalue weighted by atomic mass is 10.2. The SMILES string of the molecule is CC(=O)c1cncc(Br)c1.O=C(Cl)c1cncc(Br)c1. The number of Topliss-reactive ketones (excluding diaryl/α,β-unsaturated/α-hetero) is 1. The van der Waals surface area contributed by atoms with E-state index in [1.165, 1.54) is 13.1 Å². The molecule has 2 heterocycles. The van der Waals surface area contributed by atoms with Crippen molar-refractivity contribution in [2.45, 2.75) is 6.92 Å². The van der Waals surface area contributed by atoms with E-state index in [0.717, 1.165) is 8.95 Å². The Morgan fingerprint density at radius 2 is 1.40 bits per heavy atom. The number of pyridine rings is 2. The lowest BCUT2D eigenvalue weighted by molar-refractivity contribution is 0.101. The predicted molar refractivity (Wildman–Crippen MR) is 84.1 cm³/mol. The zero-order valence-electron chi connectivity index (χ0n) is 10.3. The van der Waals surface area contributed by atoms with Crippen molar-refractivity contribution in [3.05, 3.63) is 57.0 Å². The summed E-state index contributed by atoms with van der Waals surface area (Å²) in [4.78, 5) is 28.8. The molecule has 0 aromatic carbocycles. The molecule has 2 aromatic heterocycles. The first kappa shape index (κ1) is 16.9. The molecule has 0 unspecified atom stereocenters. The first-order valence-corrected chi connectivity index (χ1v) is 7.28. The zero-order valence-corrected chi connectivity index (χ0v) is 14.2. The topological polar surface area (TPSA) is 59.9 Å².